The van der Waals surface area contributed by atoms with Crippen molar-refractivity contribution in [1.29, 1.82) is 0 Å². The van der Waals surface area contributed by atoms with E-state index in [0.717, 1.165) is 81.7 Å². The smallest absolute Gasteiger partial charge is 0.329 e. The molecule has 84 heavy (non-hydrogen) atoms. The van der Waals surface area contributed by atoms with Crippen molar-refractivity contribution in [1.82, 2.24) is 58.8 Å². The molecule has 6 aliphatic heterocycles. The normalized spacial score (nSPS) is 22.1. The molecule has 6 fully saturated rings. The van der Waals surface area contributed by atoms with Gasteiger partial charge in [0.05, 0.1) is 54.5 Å². The van der Waals surface area contributed by atoms with Crippen LogP contribution in [0.1, 0.15) is 97.6 Å². The number of phenols is 1. The number of piperidine rings is 2. The van der Waals surface area contributed by atoms with E-state index in [9.17, 15) is 29.1 Å². The van der Waals surface area contributed by atoms with Gasteiger partial charge in [0.15, 0.2) is 11.5 Å². The molecule has 10 heterocycles. The van der Waals surface area contributed by atoms with Crippen LogP contribution in [-0.2, 0) is 45.7 Å². The molecule has 1 saturated carbocycles. The van der Waals surface area contributed by atoms with Crippen LogP contribution < -0.4 is 20.6 Å². The standard InChI is InChI=1S/C61H67F2N13O8/c1-3-42-45(62)7-5-37-23-40(77)27-43(52(37)42)54-53(63)55-44(28-64-54)56(67-59(66-55)84-34-61(13-14-61)33-74-30-41-25-39(74)32-83-41)73-15-4-16-75-38(29-73)26-46(68-75)58(81)72-21-19-71(20-22-72)51(79)31-70-17-11-35(12-18-70)36-6-8-47-49(24-36)69(2)60(82)76(47)48-9-10-50(78)65-57(48)80/h5-8,23-24,26-28,35,39,41,48,77H,3-4,9-22,25,29-34H2,1-2H3,(H,65,78,80)/t39-,41-,48?/m1/s1. The Kier molecular flexibility index (Phi) is 13.7. The van der Waals surface area contributed by atoms with E-state index in [1.165, 1.54) is 29.0 Å². The average molecular weight is 1150 g/mol. The number of nitrogens with one attached hydrogen (secondary N) is 1. The van der Waals surface area contributed by atoms with E-state index in [1.54, 1.807) is 28.6 Å². The average Bonchev–Trinajstić information content (AvgIpc) is 2.44. The number of anilines is 1. The van der Waals surface area contributed by atoms with Crippen molar-refractivity contribution in [2.75, 3.05) is 83.6 Å². The lowest BCUT2D eigenvalue weighted by atomic mass is 9.89. The van der Waals surface area contributed by atoms with Gasteiger partial charge >= 0.3 is 11.7 Å². The highest BCUT2D eigenvalue weighted by molar-refractivity contribution is 6.02. The van der Waals surface area contributed by atoms with Crippen molar-refractivity contribution in [2.45, 2.75) is 102 Å². The van der Waals surface area contributed by atoms with Gasteiger partial charge in [-0.25, -0.2) is 13.6 Å². The van der Waals surface area contributed by atoms with Crippen molar-refractivity contribution in [3.63, 3.8) is 0 Å². The van der Waals surface area contributed by atoms with Gasteiger partial charge in [0.1, 0.15) is 34.6 Å². The number of fused-ring (bicyclic) bond motifs is 6. The quantitative estimate of drug-likeness (QED) is 0.138. The molecular weight excluding hydrogens is 1080 g/mol. The summed E-state index contributed by atoms with van der Waals surface area (Å²) >= 11 is 0. The minimum atomic E-state index is -0.756. The fourth-order valence-corrected chi connectivity index (χ4v) is 14.0. The topological polar surface area (TPSA) is 219 Å². The lowest BCUT2D eigenvalue weighted by Gasteiger charge is -2.37. The lowest BCUT2D eigenvalue weighted by Crippen LogP contribution is -2.53. The van der Waals surface area contributed by atoms with Crippen LogP contribution in [0.2, 0.25) is 0 Å². The summed E-state index contributed by atoms with van der Waals surface area (Å²) in [6.45, 7) is 9.23. The monoisotopic (exact) mass is 1150 g/mol. The number of imidazole rings is 1. The molecule has 14 rings (SSSR count). The maximum atomic E-state index is 17.5. The number of halogens is 2. The summed E-state index contributed by atoms with van der Waals surface area (Å²) in [5, 5.41) is 19.4. The minimum Gasteiger partial charge on any atom is -0.508 e. The van der Waals surface area contributed by atoms with Crippen LogP contribution in [0.4, 0.5) is 14.6 Å². The molecular formula is C61H67F2N13O8. The summed E-state index contributed by atoms with van der Waals surface area (Å²) in [5.74, 6) is -1.67. The van der Waals surface area contributed by atoms with E-state index in [2.05, 4.69) is 20.1 Å². The highest BCUT2D eigenvalue weighted by Gasteiger charge is 2.49. The van der Waals surface area contributed by atoms with E-state index in [0.29, 0.717) is 104 Å². The second-order valence-corrected chi connectivity index (χ2v) is 24.2. The van der Waals surface area contributed by atoms with Gasteiger partial charge < -0.3 is 29.3 Å². The number of likely N-dealkylation sites (tertiary alicyclic amines) is 2. The number of ether oxygens (including phenoxy) is 2. The van der Waals surface area contributed by atoms with Crippen molar-refractivity contribution < 1.29 is 42.5 Å². The second kappa shape index (κ2) is 21.3. The van der Waals surface area contributed by atoms with Gasteiger partial charge in [-0.1, -0.05) is 19.1 Å². The molecule has 4 aromatic heterocycles. The number of hydrogen-bond donors (Lipinski definition) is 2. The molecule has 2 N–H and O–H groups in total. The number of phenolic OH excluding ortho intramolecular Hbond substituents is 1. The molecule has 0 radical (unpaired) electrons. The first-order chi connectivity index (χ1) is 40.7. The maximum absolute atomic E-state index is 17.5. The third-order valence-corrected chi connectivity index (χ3v) is 18.9. The highest BCUT2D eigenvalue weighted by Crippen LogP contribution is 2.48. The van der Waals surface area contributed by atoms with Gasteiger partial charge in [0.2, 0.25) is 17.7 Å². The zero-order chi connectivity index (χ0) is 57.7. The third-order valence-electron chi connectivity index (χ3n) is 18.9. The summed E-state index contributed by atoms with van der Waals surface area (Å²) in [4.78, 5) is 90.5. The number of aromatic nitrogens is 7. The van der Waals surface area contributed by atoms with Crippen molar-refractivity contribution in [2.24, 2.45) is 12.5 Å². The molecule has 7 aliphatic rings. The first kappa shape index (κ1) is 54.1. The zero-order valence-electron chi connectivity index (χ0n) is 47.2. The number of hydrogen-bond acceptors (Lipinski definition) is 15. The van der Waals surface area contributed by atoms with E-state index in [1.807, 2.05) is 39.6 Å². The van der Waals surface area contributed by atoms with Gasteiger partial charge in [0, 0.05) is 89.0 Å². The fourth-order valence-electron chi connectivity index (χ4n) is 14.0. The van der Waals surface area contributed by atoms with Crippen molar-refractivity contribution >= 4 is 62.2 Å². The number of morpholine rings is 1. The van der Waals surface area contributed by atoms with E-state index in [-0.39, 0.29) is 95.3 Å². The number of carbonyl (C=O) groups excluding carboxylic acids is 4. The summed E-state index contributed by atoms with van der Waals surface area (Å²) in [5.41, 5.74) is 3.67. The first-order valence-corrected chi connectivity index (χ1v) is 29.6. The Hall–Kier alpha value is -7.89. The van der Waals surface area contributed by atoms with Crippen LogP contribution in [0.5, 0.6) is 11.8 Å². The van der Waals surface area contributed by atoms with E-state index >= 15 is 8.78 Å². The Morgan fingerprint density at radius 1 is 0.917 bits per heavy atom. The number of carbonyl (C=O) groups is 4. The summed E-state index contributed by atoms with van der Waals surface area (Å²) in [6, 6.07) is 13.3. The lowest BCUT2D eigenvalue weighted by molar-refractivity contribution is -0.136. The Balaban J connectivity index is 0.647. The molecule has 4 amide bonds. The van der Waals surface area contributed by atoms with Crippen LogP contribution in [0.15, 0.2) is 59.5 Å². The molecule has 438 valence electrons. The molecule has 3 aromatic carbocycles. The maximum Gasteiger partial charge on any atom is 0.329 e. The number of piperazine rings is 1. The fraction of sp³-hybridized carbons (Fsp3) is 0.492. The second-order valence-electron chi connectivity index (χ2n) is 24.2. The van der Waals surface area contributed by atoms with Crippen molar-refractivity contribution in [3.8, 4) is 23.0 Å². The Morgan fingerprint density at radius 3 is 2.48 bits per heavy atom. The highest BCUT2D eigenvalue weighted by atomic mass is 19.1. The number of rotatable bonds is 13. The molecule has 21 nitrogen and oxygen atoms in total. The molecule has 0 spiro atoms. The SMILES string of the molecule is CCc1c(F)ccc2cc(O)cc(-c3ncc4c(N5CCCn6nc(C(=O)N7CCN(C(=O)CN8CCC(c9ccc%10c(c9)n(C)c(=O)n%10C9CCC(=O)NC9=O)CC8)CC7)cc6C5)nc(OCC5(CN6C[C@H]7C[C@@H]6CO7)CC5)nc4c3F)c12. The zero-order valence-corrected chi connectivity index (χ0v) is 47.2. The number of imide groups is 1. The first-order valence-electron chi connectivity index (χ1n) is 29.6. The summed E-state index contributed by atoms with van der Waals surface area (Å²) in [7, 11) is 1.70. The molecule has 3 atom stereocenters. The van der Waals surface area contributed by atoms with Gasteiger partial charge in [-0.3, -0.25) is 53.1 Å². The summed E-state index contributed by atoms with van der Waals surface area (Å²) < 4.78 is 50.2. The van der Waals surface area contributed by atoms with Gasteiger partial charge in [-0.2, -0.15) is 15.1 Å². The van der Waals surface area contributed by atoms with Gasteiger partial charge in [0.25, 0.3) is 5.91 Å². The van der Waals surface area contributed by atoms with Crippen LogP contribution in [-0.4, -0.2) is 173 Å². The summed E-state index contributed by atoms with van der Waals surface area (Å²) in [6.07, 6.45) is 7.89. The molecule has 23 heteroatoms. The Labute approximate surface area is 482 Å². The van der Waals surface area contributed by atoms with Crippen LogP contribution in [0.25, 0.3) is 44.0 Å². The van der Waals surface area contributed by atoms with Crippen molar-refractivity contribution in [3.05, 3.63) is 99.4 Å². The van der Waals surface area contributed by atoms with E-state index in [4.69, 9.17) is 24.5 Å². The minimum absolute atomic E-state index is 0.0165. The Bertz CT molecular complexity index is 3900. The number of benzene rings is 3. The van der Waals surface area contributed by atoms with E-state index < -0.39 is 23.6 Å². The molecule has 1 aliphatic carbocycles. The molecule has 7 aromatic rings. The molecule has 2 bridgehead atoms. The number of amides is 4. The predicted molar refractivity (Wildman–Crippen MR) is 306 cm³/mol. The largest absolute Gasteiger partial charge is 0.508 e. The predicted octanol–water partition coefficient (Wildman–Crippen LogP) is 5.43. The number of pyridine rings is 1. The molecule has 1 unspecified atom stereocenters. The van der Waals surface area contributed by atoms with Gasteiger partial charge in [-0.05, 0) is 129 Å². The van der Waals surface area contributed by atoms with Crippen LogP contribution in [0.3, 0.4) is 0 Å². The number of nitrogens with zero attached hydrogens (tertiary/aromatic N) is 12. The Morgan fingerprint density at radius 2 is 1.73 bits per heavy atom. The van der Waals surface area contributed by atoms with Crippen LogP contribution >= 0.6 is 0 Å². The number of aryl methyl sites for hydroxylation is 3. The molecule has 5 saturated heterocycles. The number of aromatic hydroxyl groups is 1. The third kappa shape index (κ3) is 9.79. The van der Waals surface area contributed by atoms with Gasteiger partial charge in [-0.15, -0.1) is 0 Å². The van der Waals surface area contributed by atoms with Crippen LogP contribution in [0, 0.1) is 17.0 Å².